The van der Waals surface area contributed by atoms with E-state index >= 15 is 0 Å². The Morgan fingerprint density at radius 1 is 1.38 bits per heavy atom. The van der Waals surface area contributed by atoms with Crippen molar-refractivity contribution in [1.29, 1.82) is 0 Å². The molecule has 1 aromatic heterocycles. The second-order valence-corrected chi connectivity index (χ2v) is 6.27. The number of pyridine rings is 1. The first-order valence-corrected chi connectivity index (χ1v) is 8.79. The minimum Gasteiger partial charge on any atom is -0.494 e. The maximum absolute atomic E-state index is 11.0. The topological polar surface area (TPSA) is 60.5 Å². The highest BCUT2D eigenvalue weighted by Crippen LogP contribution is 2.33. The molecule has 1 heterocycles. The molecule has 2 aromatic rings. The van der Waals surface area contributed by atoms with Crippen LogP contribution >= 0.6 is 11.6 Å². The molecule has 1 amide bonds. The lowest BCUT2D eigenvalue weighted by molar-refractivity contribution is -0.119. The van der Waals surface area contributed by atoms with Crippen molar-refractivity contribution in [2.24, 2.45) is 0 Å². The lowest BCUT2D eigenvalue weighted by atomic mass is 10.2. The van der Waals surface area contributed by atoms with Crippen LogP contribution in [-0.2, 0) is 4.79 Å². The molecule has 138 valence electrons. The predicted molar refractivity (Wildman–Crippen MR) is 104 cm³/mol. The third kappa shape index (κ3) is 5.77. The quantitative estimate of drug-likeness (QED) is 0.758. The zero-order valence-corrected chi connectivity index (χ0v) is 16.1. The summed E-state index contributed by atoms with van der Waals surface area (Å²) < 4.78 is 11.2. The number of hydrogen-bond acceptors (Lipinski definition) is 4. The number of aromatic nitrogens is 1. The van der Waals surface area contributed by atoms with Gasteiger partial charge in [0.25, 0.3) is 0 Å². The first-order chi connectivity index (χ1) is 12.4. The highest BCUT2D eigenvalue weighted by molar-refractivity contribution is 6.32. The van der Waals surface area contributed by atoms with Crippen LogP contribution in [0.3, 0.4) is 0 Å². The van der Waals surface area contributed by atoms with E-state index in [2.05, 4.69) is 10.3 Å². The van der Waals surface area contributed by atoms with Crippen molar-refractivity contribution in [1.82, 2.24) is 10.3 Å². The number of carbonyl (C=O) groups excluding carboxylic acids is 1. The van der Waals surface area contributed by atoms with E-state index in [9.17, 15) is 4.79 Å². The second-order valence-electron chi connectivity index (χ2n) is 5.87. The maximum Gasteiger partial charge on any atom is 0.222 e. The maximum atomic E-state index is 11.0. The first-order valence-electron chi connectivity index (χ1n) is 8.41. The number of aryl methyl sites for hydroxylation is 1. The smallest absolute Gasteiger partial charge is 0.222 e. The number of nitrogens with zero attached hydrogens (tertiary/aromatic N) is 1. The number of rotatable bonds is 7. The molecule has 26 heavy (non-hydrogen) atoms. The number of halogens is 1. The molecule has 0 fully saturated rings. The number of nitrogens with one attached hydrogen (secondary N) is 1. The molecule has 0 saturated heterocycles. The Morgan fingerprint density at radius 2 is 2.15 bits per heavy atom. The third-order valence-corrected chi connectivity index (χ3v) is 3.78. The summed E-state index contributed by atoms with van der Waals surface area (Å²) in [5, 5.41) is 3.26. The van der Waals surface area contributed by atoms with Crippen molar-refractivity contribution in [2.75, 3.05) is 6.61 Å². The Bertz CT molecular complexity index is 806. The SMILES string of the molecule is CCOc1ccc(Oc2ncc(/C=C/[C@H](C)NC(C)=O)cc2C)c(Cl)c1. The van der Waals surface area contributed by atoms with E-state index in [0.717, 1.165) is 11.1 Å². The van der Waals surface area contributed by atoms with Gasteiger partial charge in [-0.2, -0.15) is 0 Å². The van der Waals surface area contributed by atoms with Crippen LogP contribution in [0.2, 0.25) is 5.02 Å². The van der Waals surface area contributed by atoms with Gasteiger partial charge in [-0.15, -0.1) is 0 Å². The molecule has 0 spiro atoms. The second kappa shape index (κ2) is 9.25. The fraction of sp³-hybridized carbons (Fsp3) is 0.300. The van der Waals surface area contributed by atoms with Gasteiger partial charge in [0.15, 0.2) is 0 Å². The summed E-state index contributed by atoms with van der Waals surface area (Å²) >= 11 is 6.25. The molecule has 0 saturated carbocycles. The van der Waals surface area contributed by atoms with E-state index < -0.39 is 0 Å². The van der Waals surface area contributed by atoms with Crippen molar-refractivity contribution in [3.63, 3.8) is 0 Å². The Hall–Kier alpha value is -2.53. The molecule has 0 aliphatic heterocycles. The molecular formula is C20H23ClN2O3. The Balaban J connectivity index is 2.10. The van der Waals surface area contributed by atoms with E-state index in [4.69, 9.17) is 21.1 Å². The summed E-state index contributed by atoms with van der Waals surface area (Å²) in [5.74, 6) is 1.65. The zero-order valence-electron chi connectivity index (χ0n) is 15.4. The molecule has 0 aliphatic carbocycles. The van der Waals surface area contributed by atoms with Crippen LogP contribution in [0.4, 0.5) is 0 Å². The van der Waals surface area contributed by atoms with Crippen LogP contribution in [0.5, 0.6) is 17.4 Å². The number of ether oxygens (including phenoxy) is 2. The van der Waals surface area contributed by atoms with Gasteiger partial charge in [-0.3, -0.25) is 4.79 Å². The van der Waals surface area contributed by atoms with Crippen LogP contribution in [0.1, 0.15) is 31.9 Å². The highest BCUT2D eigenvalue weighted by atomic mass is 35.5. The van der Waals surface area contributed by atoms with Gasteiger partial charge in [0, 0.05) is 30.8 Å². The van der Waals surface area contributed by atoms with E-state index in [0.29, 0.717) is 29.0 Å². The Kier molecular flexibility index (Phi) is 7.04. The molecule has 1 N–H and O–H groups in total. The first kappa shape index (κ1) is 19.8. The number of amides is 1. The van der Waals surface area contributed by atoms with Crippen LogP contribution in [0, 0.1) is 6.92 Å². The molecule has 6 heteroatoms. The van der Waals surface area contributed by atoms with Gasteiger partial charge in [-0.25, -0.2) is 4.98 Å². The van der Waals surface area contributed by atoms with Crippen molar-refractivity contribution in [3.8, 4) is 17.4 Å². The standard InChI is InChI=1S/C20H23ClN2O3/c1-5-25-17-8-9-19(18(21)11-17)26-20-13(2)10-16(12-22-20)7-6-14(3)23-15(4)24/h6-12,14H,5H2,1-4H3,(H,23,24)/b7-6+/t14-/m0/s1. The average molecular weight is 375 g/mol. The van der Waals surface area contributed by atoms with Gasteiger partial charge in [0.1, 0.15) is 11.5 Å². The zero-order chi connectivity index (χ0) is 19.1. The van der Waals surface area contributed by atoms with E-state index in [1.54, 1.807) is 24.4 Å². The number of hydrogen-bond donors (Lipinski definition) is 1. The van der Waals surface area contributed by atoms with Gasteiger partial charge in [-0.05, 0) is 44.5 Å². The number of benzene rings is 1. The molecule has 2 rings (SSSR count). The van der Waals surface area contributed by atoms with Crippen LogP contribution in [-0.4, -0.2) is 23.5 Å². The van der Waals surface area contributed by atoms with Crippen LogP contribution < -0.4 is 14.8 Å². The Labute approximate surface area is 159 Å². The molecule has 0 bridgehead atoms. The number of carbonyl (C=O) groups is 1. The van der Waals surface area contributed by atoms with Gasteiger partial charge in [-0.1, -0.05) is 23.8 Å². The van der Waals surface area contributed by atoms with Crippen LogP contribution in [0.15, 0.2) is 36.5 Å². The highest BCUT2D eigenvalue weighted by Gasteiger charge is 2.09. The van der Waals surface area contributed by atoms with Crippen LogP contribution in [0.25, 0.3) is 6.08 Å². The summed E-state index contributed by atoms with van der Waals surface area (Å²) in [7, 11) is 0. The predicted octanol–water partition coefficient (Wildman–Crippen LogP) is 4.77. The average Bonchev–Trinajstić information content (AvgIpc) is 2.57. The van der Waals surface area contributed by atoms with Crippen molar-refractivity contribution >= 4 is 23.6 Å². The third-order valence-electron chi connectivity index (χ3n) is 3.48. The minimum atomic E-state index is -0.0626. The summed E-state index contributed by atoms with van der Waals surface area (Å²) in [6.45, 7) is 7.81. The Morgan fingerprint density at radius 3 is 2.77 bits per heavy atom. The molecule has 0 unspecified atom stereocenters. The normalized spacial score (nSPS) is 12.0. The van der Waals surface area contributed by atoms with Crippen molar-refractivity contribution in [2.45, 2.75) is 33.7 Å². The summed E-state index contributed by atoms with van der Waals surface area (Å²) in [5.41, 5.74) is 1.80. The van der Waals surface area contributed by atoms with Gasteiger partial charge in [0.05, 0.1) is 11.6 Å². The van der Waals surface area contributed by atoms with Crippen molar-refractivity contribution < 1.29 is 14.3 Å². The van der Waals surface area contributed by atoms with E-state index in [-0.39, 0.29) is 11.9 Å². The molecular weight excluding hydrogens is 352 g/mol. The fourth-order valence-electron chi connectivity index (χ4n) is 2.33. The summed E-state index contributed by atoms with van der Waals surface area (Å²) in [6.07, 6.45) is 5.53. The largest absolute Gasteiger partial charge is 0.494 e. The van der Waals surface area contributed by atoms with Gasteiger partial charge >= 0.3 is 0 Å². The molecule has 1 aromatic carbocycles. The van der Waals surface area contributed by atoms with Gasteiger partial charge in [0.2, 0.25) is 11.8 Å². The fourth-order valence-corrected chi connectivity index (χ4v) is 2.54. The molecule has 1 atom stereocenters. The molecule has 5 nitrogen and oxygen atoms in total. The summed E-state index contributed by atoms with van der Waals surface area (Å²) in [6, 6.07) is 7.20. The lowest BCUT2D eigenvalue weighted by Crippen LogP contribution is -2.28. The monoisotopic (exact) mass is 374 g/mol. The lowest BCUT2D eigenvalue weighted by Gasteiger charge is -2.11. The van der Waals surface area contributed by atoms with E-state index in [1.165, 1.54) is 6.92 Å². The minimum absolute atomic E-state index is 0.0496. The molecule has 0 radical (unpaired) electrons. The van der Waals surface area contributed by atoms with E-state index in [1.807, 2.05) is 39.0 Å². The summed E-state index contributed by atoms with van der Waals surface area (Å²) in [4.78, 5) is 15.4. The van der Waals surface area contributed by atoms with Crippen molar-refractivity contribution in [3.05, 3.63) is 52.7 Å². The van der Waals surface area contributed by atoms with Gasteiger partial charge < -0.3 is 14.8 Å². The molecule has 0 aliphatic rings.